The molecule has 1 aromatic carbocycles. The summed E-state index contributed by atoms with van der Waals surface area (Å²) in [4.78, 5) is 9.87. The van der Waals surface area contributed by atoms with Crippen molar-refractivity contribution in [1.82, 2.24) is 10.0 Å². The standard InChI is InChI=1S/C14H17ClN2OS/c1-18-17-6-4-11(5-7-17)19-14-9-16-13-3-2-10(15)8-12(13)14/h2-3,8-9,11,16H,4-7H2,1H3. The van der Waals surface area contributed by atoms with Gasteiger partial charge in [-0.05, 0) is 31.0 Å². The van der Waals surface area contributed by atoms with Gasteiger partial charge < -0.3 is 9.82 Å². The molecule has 102 valence electrons. The number of hydroxylamine groups is 2. The molecule has 0 unspecified atom stereocenters. The number of piperidine rings is 1. The fourth-order valence-corrected chi connectivity index (χ4v) is 3.88. The zero-order valence-corrected chi connectivity index (χ0v) is 12.4. The van der Waals surface area contributed by atoms with Crippen LogP contribution in [0.15, 0.2) is 29.3 Å². The molecule has 1 fully saturated rings. The summed E-state index contributed by atoms with van der Waals surface area (Å²) in [5.74, 6) is 0. The Morgan fingerprint density at radius 2 is 2.16 bits per heavy atom. The monoisotopic (exact) mass is 296 g/mol. The number of nitrogens with zero attached hydrogens (tertiary/aromatic N) is 1. The minimum atomic E-state index is 0.657. The molecule has 0 bridgehead atoms. The van der Waals surface area contributed by atoms with Crippen molar-refractivity contribution in [1.29, 1.82) is 0 Å². The van der Waals surface area contributed by atoms with Gasteiger partial charge in [0.1, 0.15) is 0 Å². The van der Waals surface area contributed by atoms with E-state index in [1.807, 2.05) is 35.0 Å². The summed E-state index contributed by atoms with van der Waals surface area (Å²) in [6.07, 6.45) is 4.41. The molecule has 1 N–H and O–H groups in total. The minimum Gasteiger partial charge on any atom is -0.360 e. The van der Waals surface area contributed by atoms with Gasteiger partial charge in [-0.15, -0.1) is 11.8 Å². The van der Waals surface area contributed by atoms with Crippen molar-refractivity contribution in [2.75, 3.05) is 20.2 Å². The molecule has 2 aromatic rings. The second-order valence-electron chi connectivity index (χ2n) is 4.77. The third-order valence-electron chi connectivity index (χ3n) is 3.56. The molecular weight excluding hydrogens is 280 g/mol. The largest absolute Gasteiger partial charge is 0.360 e. The Labute approximate surface area is 122 Å². The van der Waals surface area contributed by atoms with E-state index in [1.54, 1.807) is 7.11 Å². The van der Waals surface area contributed by atoms with Gasteiger partial charge in [0.05, 0.1) is 7.11 Å². The highest BCUT2D eigenvalue weighted by Crippen LogP contribution is 2.35. The number of aromatic amines is 1. The Morgan fingerprint density at radius 3 is 2.89 bits per heavy atom. The summed E-state index contributed by atoms with van der Waals surface area (Å²) in [6.45, 7) is 2.02. The number of halogens is 1. The number of nitrogens with one attached hydrogen (secondary N) is 1. The highest BCUT2D eigenvalue weighted by Gasteiger charge is 2.20. The van der Waals surface area contributed by atoms with Crippen LogP contribution in [-0.4, -0.2) is 35.5 Å². The van der Waals surface area contributed by atoms with Crippen LogP contribution in [-0.2, 0) is 4.84 Å². The molecule has 19 heavy (non-hydrogen) atoms. The number of H-pyrrole nitrogens is 1. The molecule has 1 aromatic heterocycles. The van der Waals surface area contributed by atoms with Crippen molar-refractivity contribution in [3.63, 3.8) is 0 Å². The zero-order chi connectivity index (χ0) is 13.2. The first-order valence-electron chi connectivity index (χ1n) is 6.48. The maximum atomic E-state index is 6.08. The predicted molar refractivity (Wildman–Crippen MR) is 80.8 cm³/mol. The van der Waals surface area contributed by atoms with Crippen LogP contribution in [0.2, 0.25) is 5.02 Å². The summed E-state index contributed by atoms with van der Waals surface area (Å²) in [6, 6.07) is 6.00. The van der Waals surface area contributed by atoms with Gasteiger partial charge in [-0.2, -0.15) is 5.06 Å². The maximum absolute atomic E-state index is 6.08. The van der Waals surface area contributed by atoms with Crippen LogP contribution in [0.5, 0.6) is 0 Å². The molecule has 0 saturated carbocycles. The number of rotatable bonds is 3. The lowest BCUT2D eigenvalue weighted by Gasteiger charge is -2.29. The summed E-state index contributed by atoms with van der Waals surface area (Å²) in [7, 11) is 1.75. The van der Waals surface area contributed by atoms with E-state index >= 15 is 0 Å². The van der Waals surface area contributed by atoms with Gasteiger partial charge in [0.15, 0.2) is 0 Å². The molecule has 0 amide bonds. The number of benzene rings is 1. The number of thioether (sulfide) groups is 1. The van der Waals surface area contributed by atoms with E-state index in [-0.39, 0.29) is 0 Å². The van der Waals surface area contributed by atoms with Crippen LogP contribution in [0.1, 0.15) is 12.8 Å². The minimum absolute atomic E-state index is 0.657. The van der Waals surface area contributed by atoms with Crippen molar-refractivity contribution in [2.24, 2.45) is 0 Å². The Morgan fingerprint density at radius 1 is 1.37 bits per heavy atom. The molecule has 0 spiro atoms. The Bertz CT molecular complexity index is 564. The first-order valence-corrected chi connectivity index (χ1v) is 7.74. The number of aromatic nitrogens is 1. The molecule has 3 rings (SSSR count). The second kappa shape index (κ2) is 5.75. The van der Waals surface area contributed by atoms with E-state index < -0.39 is 0 Å². The summed E-state index contributed by atoms with van der Waals surface area (Å²) >= 11 is 8.03. The quantitative estimate of drug-likeness (QED) is 0.930. The van der Waals surface area contributed by atoms with Gasteiger partial charge >= 0.3 is 0 Å². The third-order valence-corrected chi connectivity index (χ3v) is 5.19. The van der Waals surface area contributed by atoms with E-state index in [0.717, 1.165) is 36.5 Å². The van der Waals surface area contributed by atoms with Crippen molar-refractivity contribution in [3.05, 3.63) is 29.4 Å². The normalized spacial score (nSPS) is 18.2. The molecule has 2 heterocycles. The van der Waals surface area contributed by atoms with Gasteiger partial charge in [0.2, 0.25) is 0 Å². The Balaban J connectivity index is 1.73. The van der Waals surface area contributed by atoms with E-state index in [4.69, 9.17) is 16.4 Å². The maximum Gasteiger partial charge on any atom is 0.0575 e. The molecule has 1 aliphatic rings. The van der Waals surface area contributed by atoms with Crippen LogP contribution in [0.3, 0.4) is 0 Å². The predicted octanol–water partition coefficient (Wildman–Crippen LogP) is 3.94. The first kappa shape index (κ1) is 13.3. The topological polar surface area (TPSA) is 28.3 Å². The Hall–Kier alpha value is -0.680. The number of hydrogen-bond acceptors (Lipinski definition) is 3. The van der Waals surface area contributed by atoms with Crippen LogP contribution in [0.25, 0.3) is 10.9 Å². The molecule has 0 aliphatic carbocycles. The lowest BCUT2D eigenvalue weighted by molar-refractivity contribution is -0.140. The van der Waals surface area contributed by atoms with Crippen LogP contribution in [0, 0.1) is 0 Å². The smallest absolute Gasteiger partial charge is 0.0575 e. The Kier molecular flexibility index (Phi) is 4.03. The van der Waals surface area contributed by atoms with Crippen LogP contribution in [0.4, 0.5) is 0 Å². The van der Waals surface area contributed by atoms with Gasteiger partial charge in [-0.1, -0.05) is 11.6 Å². The third kappa shape index (κ3) is 2.92. The summed E-state index contributed by atoms with van der Waals surface area (Å²) < 4.78 is 0. The lowest BCUT2D eigenvalue weighted by Crippen LogP contribution is -2.33. The first-order chi connectivity index (χ1) is 9.26. The zero-order valence-electron chi connectivity index (χ0n) is 10.9. The second-order valence-corrected chi connectivity index (χ2v) is 6.55. The fourth-order valence-electron chi connectivity index (χ4n) is 2.48. The molecule has 3 nitrogen and oxygen atoms in total. The molecule has 1 aliphatic heterocycles. The van der Waals surface area contributed by atoms with E-state index in [0.29, 0.717) is 5.25 Å². The molecule has 1 saturated heterocycles. The summed E-state index contributed by atoms with van der Waals surface area (Å²) in [5, 5.41) is 4.71. The van der Waals surface area contributed by atoms with Gasteiger partial charge in [0.25, 0.3) is 0 Å². The molecule has 5 heteroatoms. The van der Waals surface area contributed by atoms with E-state index in [1.165, 1.54) is 10.3 Å². The highest BCUT2D eigenvalue weighted by molar-refractivity contribution is 8.00. The average Bonchev–Trinajstić information content (AvgIpc) is 2.82. The van der Waals surface area contributed by atoms with Crippen molar-refractivity contribution >= 4 is 34.3 Å². The number of fused-ring (bicyclic) bond motifs is 1. The van der Waals surface area contributed by atoms with Crippen LogP contribution < -0.4 is 0 Å². The van der Waals surface area contributed by atoms with E-state index in [2.05, 4.69) is 11.2 Å². The highest BCUT2D eigenvalue weighted by atomic mass is 35.5. The van der Waals surface area contributed by atoms with Crippen molar-refractivity contribution < 1.29 is 4.84 Å². The molecular formula is C14H17ClN2OS. The molecule has 0 atom stereocenters. The number of hydrogen-bond donors (Lipinski definition) is 1. The van der Waals surface area contributed by atoms with Crippen LogP contribution >= 0.6 is 23.4 Å². The van der Waals surface area contributed by atoms with Crippen molar-refractivity contribution in [2.45, 2.75) is 23.0 Å². The van der Waals surface area contributed by atoms with Gasteiger partial charge in [-0.3, -0.25) is 0 Å². The SMILES string of the molecule is CON1CCC(Sc2c[nH]c3ccc(Cl)cc23)CC1. The van der Waals surface area contributed by atoms with E-state index in [9.17, 15) is 0 Å². The summed E-state index contributed by atoms with van der Waals surface area (Å²) in [5.41, 5.74) is 1.15. The molecule has 0 radical (unpaired) electrons. The fraction of sp³-hybridized carbons (Fsp3) is 0.429. The van der Waals surface area contributed by atoms with Gasteiger partial charge in [-0.25, -0.2) is 0 Å². The average molecular weight is 297 g/mol. The van der Waals surface area contributed by atoms with Crippen molar-refractivity contribution in [3.8, 4) is 0 Å². The lowest BCUT2D eigenvalue weighted by atomic mass is 10.1. The van der Waals surface area contributed by atoms with Gasteiger partial charge in [0, 0.05) is 45.4 Å².